The van der Waals surface area contributed by atoms with Gasteiger partial charge in [0.1, 0.15) is 11.6 Å². The van der Waals surface area contributed by atoms with Crippen LogP contribution in [0.3, 0.4) is 0 Å². The van der Waals surface area contributed by atoms with Gasteiger partial charge < -0.3 is 9.30 Å². The molecule has 0 amide bonds. The first-order chi connectivity index (χ1) is 13.3. The van der Waals surface area contributed by atoms with Crippen LogP contribution in [0.2, 0.25) is 0 Å². The van der Waals surface area contributed by atoms with E-state index in [-0.39, 0.29) is 17.1 Å². The second kappa shape index (κ2) is 7.81. The van der Waals surface area contributed by atoms with Crippen LogP contribution < -0.4 is 15.0 Å². The van der Waals surface area contributed by atoms with E-state index in [4.69, 9.17) is 4.74 Å². The number of sulfonamides is 1. The van der Waals surface area contributed by atoms with Gasteiger partial charge in [0.15, 0.2) is 5.82 Å². The van der Waals surface area contributed by atoms with Crippen molar-refractivity contribution in [1.29, 1.82) is 0 Å². The summed E-state index contributed by atoms with van der Waals surface area (Å²) in [6.45, 7) is 1.54. The lowest BCUT2D eigenvalue weighted by Gasteiger charge is -2.12. The van der Waals surface area contributed by atoms with Crippen molar-refractivity contribution in [3.05, 3.63) is 59.0 Å². The molecule has 8 nitrogen and oxygen atoms in total. The molecule has 9 heteroatoms. The molecule has 0 saturated carbocycles. The van der Waals surface area contributed by atoms with Crippen LogP contribution in [0.4, 0.5) is 5.82 Å². The average Bonchev–Trinajstić information content (AvgIpc) is 2.69. The summed E-state index contributed by atoms with van der Waals surface area (Å²) < 4.78 is 33.4. The highest BCUT2D eigenvalue weighted by Crippen LogP contribution is 2.30. The second-order valence-electron chi connectivity index (χ2n) is 6.03. The number of aromatic nitrogens is 3. The molecule has 0 fully saturated rings. The molecule has 0 spiro atoms. The summed E-state index contributed by atoms with van der Waals surface area (Å²) in [5, 5.41) is 0. The van der Waals surface area contributed by atoms with Crippen LogP contribution in [0.25, 0.3) is 22.6 Å². The average molecular weight is 400 g/mol. The Bertz CT molecular complexity index is 1170. The smallest absolute Gasteiger partial charge is 0.250 e. The van der Waals surface area contributed by atoms with E-state index in [1.54, 1.807) is 38.4 Å². The third kappa shape index (κ3) is 4.20. The fourth-order valence-corrected chi connectivity index (χ4v) is 3.14. The summed E-state index contributed by atoms with van der Waals surface area (Å²) in [5.74, 6) is 0.916. The molecule has 0 aliphatic heterocycles. The van der Waals surface area contributed by atoms with Crippen LogP contribution in [-0.4, -0.2) is 35.8 Å². The van der Waals surface area contributed by atoms with Gasteiger partial charge in [-0.05, 0) is 25.1 Å². The van der Waals surface area contributed by atoms with E-state index in [0.717, 1.165) is 0 Å². The van der Waals surface area contributed by atoms with Crippen molar-refractivity contribution in [1.82, 2.24) is 14.5 Å². The number of pyridine rings is 1. The van der Waals surface area contributed by atoms with Crippen LogP contribution in [0.5, 0.6) is 5.75 Å². The zero-order valence-electron chi connectivity index (χ0n) is 15.7. The number of aryl methyl sites for hydroxylation is 1. The molecule has 2 heterocycles. The minimum Gasteiger partial charge on any atom is -0.496 e. The number of hydrogen-bond donors (Lipinski definition) is 1. The Morgan fingerprint density at radius 1 is 1.14 bits per heavy atom. The number of benzene rings is 1. The predicted molar refractivity (Wildman–Crippen MR) is 108 cm³/mol. The molecule has 0 saturated heterocycles. The van der Waals surface area contributed by atoms with E-state index >= 15 is 0 Å². The lowest BCUT2D eigenvalue weighted by molar-refractivity contribution is 0.416. The molecule has 0 aliphatic rings. The van der Waals surface area contributed by atoms with Gasteiger partial charge in [-0.15, -0.1) is 0 Å². The Hall–Kier alpha value is -3.20. The van der Waals surface area contributed by atoms with E-state index in [9.17, 15) is 13.2 Å². The molecular weight excluding hydrogens is 380 g/mol. The summed E-state index contributed by atoms with van der Waals surface area (Å²) in [6, 6.07) is 11.8. The number of rotatable bonds is 6. The van der Waals surface area contributed by atoms with Gasteiger partial charge >= 0.3 is 0 Å². The van der Waals surface area contributed by atoms with Gasteiger partial charge in [0.25, 0.3) is 0 Å². The molecule has 1 N–H and O–H groups in total. The normalized spacial score (nSPS) is 11.2. The maximum Gasteiger partial charge on any atom is 0.250 e. The highest BCUT2D eigenvalue weighted by atomic mass is 32.2. The topological polar surface area (TPSA) is 103 Å². The van der Waals surface area contributed by atoms with Crippen LogP contribution in [-0.2, 0) is 17.1 Å². The third-order valence-electron chi connectivity index (χ3n) is 4.10. The van der Waals surface area contributed by atoms with E-state index in [1.807, 2.05) is 12.1 Å². The van der Waals surface area contributed by atoms with Crippen LogP contribution in [0, 0.1) is 0 Å². The minimum atomic E-state index is -3.53. The summed E-state index contributed by atoms with van der Waals surface area (Å²) in [5.41, 5.74) is 1.58. The Labute approximate surface area is 162 Å². The Morgan fingerprint density at radius 2 is 1.89 bits per heavy atom. The maximum absolute atomic E-state index is 12.0. The first kappa shape index (κ1) is 19.6. The summed E-state index contributed by atoms with van der Waals surface area (Å²) >= 11 is 0. The van der Waals surface area contributed by atoms with Crippen LogP contribution in [0.15, 0.2) is 53.5 Å². The SMILES string of the molecule is CCS(=O)(=O)Nc1cc(-c2ccc(=O)n(C)c2)nc(-c2ccccc2OC)n1. The largest absolute Gasteiger partial charge is 0.496 e. The summed E-state index contributed by atoms with van der Waals surface area (Å²) in [7, 11) is -0.356. The van der Waals surface area contributed by atoms with E-state index in [0.29, 0.717) is 28.4 Å². The molecule has 0 aliphatic carbocycles. The quantitative estimate of drug-likeness (QED) is 0.681. The summed E-state index contributed by atoms with van der Waals surface area (Å²) in [6.07, 6.45) is 1.63. The highest BCUT2D eigenvalue weighted by molar-refractivity contribution is 7.92. The molecular formula is C19H20N4O4S. The zero-order chi connectivity index (χ0) is 20.3. The summed E-state index contributed by atoms with van der Waals surface area (Å²) in [4.78, 5) is 20.6. The first-order valence-electron chi connectivity index (χ1n) is 8.53. The van der Waals surface area contributed by atoms with Crippen molar-refractivity contribution in [2.45, 2.75) is 6.92 Å². The molecule has 2 aromatic heterocycles. The maximum atomic E-state index is 12.0. The van der Waals surface area contributed by atoms with Gasteiger partial charge in [-0.25, -0.2) is 18.4 Å². The minimum absolute atomic E-state index is 0.0871. The number of nitrogens with one attached hydrogen (secondary N) is 1. The second-order valence-corrected chi connectivity index (χ2v) is 8.05. The standard InChI is InChI=1S/C19H20N4O4S/c1-4-28(25,26)22-17-11-15(13-9-10-18(24)23(2)12-13)20-19(21-17)14-7-5-6-8-16(14)27-3/h5-12H,4H2,1-3H3,(H,20,21,22). The molecule has 28 heavy (non-hydrogen) atoms. The monoisotopic (exact) mass is 400 g/mol. The fraction of sp³-hybridized carbons (Fsp3) is 0.211. The lowest BCUT2D eigenvalue weighted by Crippen LogP contribution is -2.16. The van der Waals surface area contributed by atoms with Gasteiger partial charge in [0.2, 0.25) is 15.6 Å². The third-order valence-corrected chi connectivity index (χ3v) is 5.38. The van der Waals surface area contributed by atoms with Crippen molar-refractivity contribution in [3.8, 4) is 28.4 Å². The molecule has 3 aromatic rings. The van der Waals surface area contributed by atoms with Gasteiger partial charge in [-0.3, -0.25) is 9.52 Å². The fourth-order valence-electron chi connectivity index (χ4n) is 2.57. The van der Waals surface area contributed by atoms with Crippen molar-refractivity contribution >= 4 is 15.8 Å². The Morgan fingerprint density at radius 3 is 2.57 bits per heavy atom. The van der Waals surface area contributed by atoms with Crippen LogP contribution in [0.1, 0.15) is 6.92 Å². The molecule has 146 valence electrons. The lowest BCUT2D eigenvalue weighted by atomic mass is 10.1. The Balaban J connectivity index is 2.21. The predicted octanol–water partition coefficient (Wildman–Crippen LogP) is 2.28. The zero-order valence-corrected chi connectivity index (χ0v) is 16.5. The van der Waals surface area contributed by atoms with Crippen molar-refractivity contribution in [2.24, 2.45) is 7.05 Å². The molecule has 0 radical (unpaired) electrons. The number of ether oxygens (including phenoxy) is 1. The number of methoxy groups -OCH3 is 1. The van der Waals surface area contributed by atoms with Gasteiger partial charge in [-0.2, -0.15) is 0 Å². The number of nitrogens with zero attached hydrogens (tertiary/aromatic N) is 3. The van der Waals surface area contributed by atoms with E-state index < -0.39 is 10.0 Å². The number of hydrogen-bond acceptors (Lipinski definition) is 6. The van der Waals surface area contributed by atoms with Crippen LogP contribution >= 0.6 is 0 Å². The van der Waals surface area contributed by atoms with Crippen molar-refractivity contribution in [3.63, 3.8) is 0 Å². The number of para-hydroxylation sites is 1. The first-order valence-corrected chi connectivity index (χ1v) is 10.2. The molecule has 0 atom stereocenters. The van der Waals surface area contributed by atoms with E-state index in [2.05, 4.69) is 14.7 Å². The van der Waals surface area contributed by atoms with Crippen molar-refractivity contribution in [2.75, 3.05) is 17.6 Å². The highest BCUT2D eigenvalue weighted by Gasteiger charge is 2.15. The molecule has 1 aromatic carbocycles. The van der Waals surface area contributed by atoms with Crippen molar-refractivity contribution < 1.29 is 13.2 Å². The molecule has 0 bridgehead atoms. The van der Waals surface area contributed by atoms with Gasteiger partial charge in [0.05, 0.1) is 24.1 Å². The number of anilines is 1. The molecule has 3 rings (SSSR count). The Kier molecular flexibility index (Phi) is 5.46. The molecule has 0 unspecified atom stereocenters. The van der Waals surface area contributed by atoms with Gasteiger partial charge in [-0.1, -0.05) is 12.1 Å². The van der Waals surface area contributed by atoms with Gasteiger partial charge in [0, 0.05) is 30.9 Å². The van der Waals surface area contributed by atoms with E-state index in [1.165, 1.54) is 23.8 Å².